The summed E-state index contributed by atoms with van der Waals surface area (Å²) in [6, 6.07) is 4.61. The number of anilines is 1. The van der Waals surface area contributed by atoms with E-state index in [0.29, 0.717) is 6.04 Å². The number of nitrogens with zero attached hydrogens (tertiary/aromatic N) is 2. The average molecular weight is 295 g/mol. The zero-order valence-corrected chi connectivity index (χ0v) is 13.3. The lowest BCUT2D eigenvalue weighted by Gasteiger charge is -2.28. The molecule has 0 spiro atoms. The Labute approximate surface area is 124 Å². The molecule has 1 aromatic heterocycles. The van der Waals surface area contributed by atoms with Crippen molar-refractivity contribution in [1.82, 2.24) is 10.3 Å². The lowest BCUT2D eigenvalue weighted by molar-refractivity contribution is 0.507. The van der Waals surface area contributed by atoms with Crippen LogP contribution in [-0.2, 0) is 10.8 Å². The van der Waals surface area contributed by atoms with Crippen LogP contribution in [0.15, 0.2) is 18.3 Å². The van der Waals surface area contributed by atoms with Gasteiger partial charge < -0.3 is 10.2 Å². The molecule has 0 radical (unpaired) electrons. The number of hydrogen-bond acceptors (Lipinski definition) is 4. The summed E-state index contributed by atoms with van der Waals surface area (Å²) < 4.78 is 11.4. The Kier molecular flexibility index (Phi) is 5.98. The average Bonchev–Trinajstić information content (AvgIpc) is 2.49. The summed E-state index contributed by atoms with van der Waals surface area (Å²) in [5.41, 5.74) is 2.26. The van der Waals surface area contributed by atoms with Crippen LogP contribution in [0.4, 0.5) is 5.69 Å². The molecule has 2 heterocycles. The molecule has 1 aliphatic rings. The summed E-state index contributed by atoms with van der Waals surface area (Å²) >= 11 is 0. The van der Waals surface area contributed by atoms with Crippen molar-refractivity contribution in [2.75, 3.05) is 36.0 Å². The van der Waals surface area contributed by atoms with Gasteiger partial charge in [0.05, 0.1) is 17.6 Å². The van der Waals surface area contributed by atoms with Gasteiger partial charge in [-0.2, -0.15) is 0 Å². The molecule has 1 aliphatic heterocycles. The summed E-state index contributed by atoms with van der Waals surface area (Å²) in [4.78, 5) is 6.89. The molecular formula is C15H25N3OS. The third-order valence-corrected chi connectivity index (χ3v) is 5.00. The fraction of sp³-hybridized carbons (Fsp3) is 0.667. The molecule has 112 valence electrons. The van der Waals surface area contributed by atoms with E-state index >= 15 is 0 Å². The Hall–Kier alpha value is -0.940. The second-order valence-electron chi connectivity index (χ2n) is 5.19. The summed E-state index contributed by atoms with van der Waals surface area (Å²) in [6.45, 7) is 7.14. The third-order valence-electron chi connectivity index (χ3n) is 3.72. The minimum atomic E-state index is -0.624. The van der Waals surface area contributed by atoms with Gasteiger partial charge in [0.2, 0.25) is 0 Å². The lowest BCUT2D eigenvalue weighted by Crippen LogP contribution is -2.37. The van der Waals surface area contributed by atoms with Crippen molar-refractivity contribution in [3.05, 3.63) is 24.0 Å². The molecule has 1 aromatic rings. The highest BCUT2D eigenvalue weighted by atomic mass is 32.2. The van der Waals surface area contributed by atoms with Crippen LogP contribution in [0.2, 0.25) is 0 Å². The first-order valence-corrected chi connectivity index (χ1v) is 9.02. The van der Waals surface area contributed by atoms with Gasteiger partial charge in [-0.1, -0.05) is 13.8 Å². The third kappa shape index (κ3) is 4.03. The first-order valence-electron chi connectivity index (χ1n) is 7.53. The first-order chi connectivity index (χ1) is 9.74. The van der Waals surface area contributed by atoms with Crippen LogP contribution in [0.3, 0.4) is 0 Å². The van der Waals surface area contributed by atoms with Gasteiger partial charge in [-0.15, -0.1) is 0 Å². The van der Waals surface area contributed by atoms with Crippen LogP contribution < -0.4 is 10.2 Å². The number of aromatic nitrogens is 1. The maximum absolute atomic E-state index is 11.4. The topological polar surface area (TPSA) is 45.2 Å². The molecule has 1 saturated heterocycles. The molecular weight excluding hydrogens is 270 g/mol. The molecule has 1 N–H and O–H groups in total. The fourth-order valence-corrected chi connectivity index (χ4v) is 3.52. The number of pyridine rings is 1. The van der Waals surface area contributed by atoms with Gasteiger partial charge in [0.1, 0.15) is 0 Å². The maximum atomic E-state index is 11.4. The SMILES string of the molecule is CCCNC(CC)c1ccc(N2CCS(=O)CC2)cn1. The number of nitrogens with one attached hydrogen (secondary N) is 1. The minimum Gasteiger partial charge on any atom is -0.368 e. The zero-order valence-electron chi connectivity index (χ0n) is 12.5. The van der Waals surface area contributed by atoms with E-state index in [2.05, 4.69) is 41.2 Å². The van der Waals surface area contributed by atoms with Crippen LogP contribution in [0.1, 0.15) is 38.4 Å². The van der Waals surface area contributed by atoms with E-state index in [1.54, 1.807) is 0 Å². The van der Waals surface area contributed by atoms with Crippen molar-refractivity contribution in [2.24, 2.45) is 0 Å². The summed E-state index contributed by atoms with van der Waals surface area (Å²) in [5, 5.41) is 3.52. The zero-order chi connectivity index (χ0) is 14.4. The fourth-order valence-electron chi connectivity index (χ4n) is 2.46. The Morgan fingerprint density at radius 1 is 1.35 bits per heavy atom. The van der Waals surface area contributed by atoms with Crippen molar-refractivity contribution >= 4 is 16.5 Å². The summed E-state index contributed by atoms with van der Waals surface area (Å²) in [7, 11) is -0.624. The van der Waals surface area contributed by atoms with Gasteiger partial charge in [-0.05, 0) is 31.5 Å². The van der Waals surface area contributed by atoms with E-state index in [1.807, 2.05) is 6.20 Å². The molecule has 1 fully saturated rings. The van der Waals surface area contributed by atoms with E-state index in [-0.39, 0.29) is 0 Å². The van der Waals surface area contributed by atoms with Gasteiger partial charge in [0.15, 0.2) is 0 Å². The Morgan fingerprint density at radius 3 is 2.65 bits per heavy atom. The van der Waals surface area contributed by atoms with Crippen LogP contribution in [-0.4, -0.2) is 40.3 Å². The molecule has 0 saturated carbocycles. The Morgan fingerprint density at radius 2 is 2.10 bits per heavy atom. The standard InChI is InChI=1S/C15H25N3OS/c1-3-7-16-14(4-2)15-6-5-13(12-17-15)18-8-10-20(19)11-9-18/h5-6,12,14,16H,3-4,7-11H2,1-2H3. The maximum Gasteiger partial charge on any atom is 0.0574 e. The highest BCUT2D eigenvalue weighted by Gasteiger charge is 2.16. The van der Waals surface area contributed by atoms with Crippen LogP contribution in [0.25, 0.3) is 0 Å². The van der Waals surface area contributed by atoms with Crippen molar-refractivity contribution in [3.8, 4) is 0 Å². The van der Waals surface area contributed by atoms with E-state index < -0.39 is 10.8 Å². The predicted octanol–water partition coefficient (Wildman–Crippen LogP) is 2.10. The van der Waals surface area contributed by atoms with Gasteiger partial charge >= 0.3 is 0 Å². The molecule has 20 heavy (non-hydrogen) atoms. The van der Waals surface area contributed by atoms with Gasteiger partial charge in [-0.25, -0.2) is 0 Å². The molecule has 2 rings (SSSR count). The second-order valence-corrected chi connectivity index (χ2v) is 6.89. The highest BCUT2D eigenvalue weighted by molar-refractivity contribution is 7.85. The lowest BCUT2D eigenvalue weighted by atomic mass is 10.1. The molecule has 1 unspecified atom stereocenters. The molecule has 0 bridgehead atoms. The van der Waals surface area contributed by atoms with E-state index in [0.717, 1.165) is 55.4 Å². The van der Waals surface area contributed by atoms with E-state index in [9.17, 15) is 4.21 Å². The Bertz CT molecular complexity index is 425. The van der Waals surface area contributed by atoms with Crippen molar-refractivity contribution in [1.29, 1.82) is 0 Å². The van der Waals surface area contributed by atoms with Gasteiger partial charge in [0, 0.05) is 41.4 Å². The summed E-state index contributed by atoms with van der Waals surface area (Å²) in [6.07, 6.45) is 4.15. The second kappa shape index (κ2) is 7.74. The summed E-state index contributed by atoms with van der Waals surface area (Å²) in [5.74, 6) is 1.55. The van der Waals surface area contributed by atoms with E-state index in [4.69, 9.17) is 0 Å². The molecule has 0 aromatic carbocycles. The van der Waals surface area contributed by atoms with Gasteiger partial charge in [0.25, 0.3) is 0 Å². The molecule has 4 nitrogen and oxygen atoms in total. The highest BCUT2D eigenvalue weighted by Crippen LogP contribution is 2.19. The molecule has 0 aliphatic carbocycles. The smallest absolute Gasteiger partial charge is 0.0574 e. The minimum absolute atomic E-state index is 0.345. The Balaban J connectivity index is 1.99. The van der Waals surface area contributed by atoms with Crippen LogP contribution in [0.5, 0.6) is 0 Å². The van der Waals surface area contributed by atoms with Crippen molar-refractivity contribution in [2.45, 2.75) is 32.7 Å². The largest absolute Gasteiger partial charge is 0.368 e. The van der Waals surface area contributed by atoms with Crippen molar-refractivity contribution < 1.29 is 4.21 Å². The normalized spacial score (nSPS) is 18.2. The van der Waals surface area contributed by atoms with E-state index in [1.165, 1.54) is 0 Å². The monoisotopic (exact) mass is 295 g/mol. The molecule has 0 amide bonds. The predicted molar refractivity (Wildman–Crippen MR) is 85.7 cm³/mol. The van der Waals surface area contributed by atoms with Crippen LogP contribution >= 0.6 is 0 Å². The number of hydrogen-bond donors (Lipinski definition) is 1. The quantitative estimate of drug-likeness (QED) is 0.873. The number of rotatable bonds is 6. The first kappa shape index (κ1) is 15.4. The molecule has 1 atom stereocenters. The van der Waals surface area contributed by atoms with Crippen molar-refractivity contribution in [3.63, 3.8) is 0 Å². The molecule has 5 heteroatoms. The van der Waals surface area contributed by atoms with Gasteiger partial charge in [-0.3, -0.25) is 9.19 Å². The van der Waals surface area contributed by atoms with Crippen LogP contribution in [0, 0.1) is 0 Å².